The number of aliphatic hydroxyl groups excluding tert-OH is 1. The molecule has 2 atom stereocenters. The summed E-state index contributed by atoms with van der Waals surface area (Å²) in [6, 6.07) is 1.81. The molecule has 2 rings (SSSR count). The average molecular weight is 318 g/mol. The minimum absolute atomic E-state index is 0.329. The third-order valence-corrected chi connectivity index (χ3v) is 4.59. The van der Waals surface area contributed by atoms with Gasteiger partial charge in [0.15, 0.2) is 0 Å². The highest BCUT2D eigenvalue weighted by molar-refractivity contribution is 9.10. The SMILES string of the molecule is CCC(C)(C(O)c1occc1Br)N1CCOCC1. The van der Waals surface area contributed by atoms with Gasteiger partial charge in [-0.1, -0.05) is 6.92 Å². The van der Waals surface area contributed by atoms with E-state index in [9.17, 15) is 5.11 Å². The van der Waals surface area contributed by atoms with Crippen LogP contribution in [0.3, 0.4) is 0 Å². The zero-order valence-corrected chi connectivity index (χ0v) is 12.4. The van der Waals surface area contributed by atoms with Crippen LogP contribution in [-0.4, -0.2) is 41.8 Å². The third kappa shape index (κ3) is 2.50. The van der Waals surface area contributed by atoms with Crippen molar-refractivity contribution in [3.63, 3.8) is 0 Å². The molecule has 1 fully saturated rings. The van der Waals surface area contributed by atoms with Crippen LogP contribution < -0.4 is 0 Å². The number of furan rings is 1. The number of rotatable bonds is 4. The molecule has 1 aliphatic heterocycles. The van der Waals surface area contributed by atoms with E-state index < -0.39 is 6.10 Å². The Labute approximate surface area is 116 Å². The minimum atomic E-state index is -0.648. The van der Waals surface area contributed by atoms with Crippen LogP contribution in [0.5, 0.6) is 0 Å². The molecule has 0 radical (unpaired) electrons. The first-order chi connectivity index (χ1) is 8.59. The first-order valence-corrected chi connectivity index (χ1v) is 7.12. The molecule has 1 N–H and O–H groups in total. The van der Waals surface area contributed by atoms with Crippen LogP contribution in [-0.2, 0) is 4.74 Å². The topological polar surface area (TPSA) is 45.8 Å². The van der Waals surface area contributed by atoms with Crippen molar-refractivity contribution in [3.8, 4) is 0 Å². The van der Waals surface area contributed by atoms with E-state index in [1.54, 1.807) is 6.26 Å². The molecule has 1 aromatic heterocycles. The Morgan fingerprint density at radius 1 is 1.50 bits per heavy atom. The van der Waals surface area contributed by atoms with Crippen molar-refractivity contribution in [2.45, 2.75) is 31.9 Å². The van der Waals surface area contributed by atoms with Gasteiger partial charge in [0.25, 0.3) is 0 Å². The standard InChI is InChI=1S/C13H20BrNO3/c1-3-13(2,15-5-8-17-9-6-15)12(16)11-10(14)4-7-18-11/h4,7,12,16H,3,5-6,8-9H2,1-2H3. The van der Waals surface area contributed by atoms with Crippen LogP contribution in [0.15, 0.2) is 21.2 Å². The predicted molar refractivity (Wildman–Crippen MR) is 72.5 cm³/mol. The highest BCUT2D eigenvalue weighted by Crippen LogP contribution is 2.38. The van der Waals surface area contributed by atoms with Crippen molar-refractivity contribution < 1.29 is 14.3 Å². The lowest BCUT2D eigenvalue weighted by Crippen LogP contribution is -2.54. The Balaban J connectivity index is 2.22. The molecule has 0 amide bonds. The molecular weight excluding hydrogens is 298 g/mol. The second kappa shape index (κ2) is 5.74. The maximum Gasteiger partial charge on any atom is 0.148 e. The van der Waals surface area contributed by atoms with Gasteiger partial charge in [-0.15, -0.1) is 0 Å². The van der Waals surface area contributed by atoms with Crippen molar-refractivity contribution in [1.82, 2.24) is 4.90 Å². The van der Waals surface area contributed by atoms with E-state index in [-0.39, 0.29) is 5.54 Å². The van der Waals surface area contributed by atoms with E-state index in [4.69, 9.17) is 9.15 Å². The van der Waals surface area contributed by atoms with Gasteiger partial charge in [0.1, 0.15) is 11.9 Å². The molecule has 1 saturated heterocycles. The van der Waals surface area contributed by atoms with Crippen LogP contribution >= 0.6 is 15.9 Å². The minimum Gasteiger partial charge on any atom is -0.465 e. The molecule has 0 aromatic carbocycles. The lowest BCUT2D eigenvalue weighted by atomic mass is 9.87. The number of ether oxygens (including phenoxy) is 1. The van der Waals surface area contributed by atoms with E-state index in [0.717, 1.165) is 37.2 Å². The normalized spacial score (nSPS) is 22.7. The average Bonchev–Trinajstić information content (AvgIpc) is 2.84. The number of morpholine rings is 1. The molecule has 0 spiro atoms. The number of halogens is 1. The zero-order chi connectivity index (χ0) is 13.2. The highest BCUT2D eigenvalue weighted by atomic mass is 79.9. The molecule has 18 heavy (non-hydrogen) atoms. The van der Waals surface area contributed by atoms with E-state index in [1.165, 1.54) is 0 Å². The quantitative estimate of drug-likeness (QED) is 0.927. The van der Waals surface area contributed by atoms with Gasteiger partial charge in [0.2, 0.25) is 0 Å². The summed E-state index contributed by atoms with van der Waals surface area (Å²) in [5.41, 5.74) is -0.329. The summed E-state index contributed by atoms with van der Waals surface area (Å²) in [7, 11) is 0. The summed E-state index contributed by atoms with van der Waals surface area (Å²) in [5, 5.41) is 10.7. The van der Waals surface area contributed by atoms with Gasteiger partial charge in [-0.2, -0.15) is 0 Å². The van der Waals surface area contributed by atoms with Crippen molar-refractivity contribution in [3.05, 3.63) is 22.6 Å². The molecule has 2 unspecified atom stereocenters. The fraction of sp³-hybridized carbons (Fsp3) is 0.692. The van der Waals surface area contributed by atoms with Crippen LogP contribution in [0, 0.1) is 0 Å². The summed E-state index contributed by atoms with van der Waals surface area (Å²) < 4.78 is 11.6. The van der Waals surface area contributed by atoms with E-state index in [0.29, 0.717) is 5.76 Å². The van der Waals surface area contributed by atoms with Crippen molar-refractivity contribution >= 4 is 15.9 Å². The summed E-state index contributed by atoms with van der Waals surface area (Å²) in [6.07, 6.45) is 1.80. The first-order valence-electron chi connectivity index (χ1n) is 6.33. The van der Waals surface area contributed by atoms with Gasteiger partial charge in [-0.3, -0.25) is 4.90 Å². The number of nitrogens with zero attached hydrogens (tertiary/aromatic N) is 1. The predicted octanol–water partition coefficient (Wildman–Crippen LogP) is 2.58. The number of hydrogen-bond donors (Lipinski definition) is 1. The van der Waals surface area contributed by atoms with E-state index >= 15 is 0 Å². The molecule has 5 heteroatoms. The van der Waals surface area contributed by atoms with Gasteiger partial charge in [-0.25, -0.2) is 0 Å². The number of aliphatic hydroxyl groups is 1. The van der Waals surface area contributed by atoms with Gasteiger partial charge >= 0.3 is 0 Å². The lowest BCUT2D eigenvalue weighted by molar-refractivity contribution is -0.0795. The number of hydrogen-bond acceptors (Lipinski definition) is 4. The Hall–Kier alpha value is -0.360. The van der Waals surface area contributed by atoms with Gasteiger partial charge < -0.3 is 14.3 Å². The monoisotopic (exact) mass is 317 g/mol. The van der Waals surface area contributed by atoms with Crippen LogP contribution in [0.4, 0.5) is 0 Å². The Kier molecular flexibility index (Phi) is 4.48. The molecular formula is C13H20BrNO3. The Bertz CT molecular complexity index is 389. The van der Waals surface area contributed by atoms with Crippen molar-refractivity contribution in [1.29, 1.82) is 0 Å². The van der Waals surface area contributed by atoms with Crippen molar-refractivity contribution in [2.24, 2.45) is 0 Å². The van der Waals surface area contributed by atoms with Crippen molar-refractivity contribution in [2.75, 3.05) is 26.3 Å². The Morgan fingerprint density at radius 2 is 2.17 bits per heavy atom. The van der Waals surface area contributed by atoms with Gasteiger partial charge in [0.05, 0.1) is 29.5 Å². The maximum absolute atomic E-state index is 10.7. The molecule has 0 bridgehead atoms. The maximum atomic E-state index is 10.7. The molecule has 1 aliphatic rings. The van der Waals surface area contributed by atoms with Gasteiger partial charge in [-0.05, 0) is 35.3 Å². The lowest BCUT2D eigenvalue weighted by Gasteiger charge is -2.45. The second-order valence-corrected chi connectivity index (χ2v) is 5.70. The summed E-state index contributed by atoms with van der Waals surface area (Å²) in [6.45, 7) is 7.32. The van der Waals surface area contributed by atoms with E-state index in [1.807, 2.05) is 6.07 Å². The van der Waals surface area contributed by atoms with E-state index in [2.05, 4.69) is 34.7 Å². The largest absolute Gasteiger partial charge is 0.465 e. The van der Waals surface area contributed by atoms with Gasteiger partial charge in [0, 0.05) is 13.1 Å². The molecule has 0 saturated carbocycles. The van der Waals surface area contributed by atoms with Crippen LogP contribution in [0.2, 0.25) is 0 Å². The zero-order valence-electron chi connectivity index (χ0n) is 10.9. The molecule has 1 aromatic rings. The molecule has 102 valence electrons. The Morgan fingerprint density at radius 3 is 2.67 bits per heavy atom. The fourth-order valence-corrected chi connectivity index (χ4v) is 2.87. The fourth-order valence-electron chi connectivity index (χ4n) is 2.45. The first kappa shape index (κ1) is 14.1. The highest BCUT2D eigenvalue weighted by Gasteiger charge is 2.41. The molecule has 0 aliphatic carbocycles. The summed E-state index contributed by atoms with van der Waals surface area (Å²) in [5.74, 6) is 0.603. The molecule has 2 heterocycles. The molecule has 4 nitrogen and oxygen atoms in total. The second-order valence-electron chi connectivity index (χ2n) is 4.85. The van der Waals surface area contributed by atoms with Crippen LogP contribution in [0.1, 0.15) is 32.1 Å². The summed E-state index contributed by atoms with van der Waals surface area (Å²) >= 11 is 3.42. The third-order valence-electron chi connectivity index (χ3n) is 3.93. The van der Waals surface area contributed by atoms with Crippen LogP contribution in [0.25, 0.3) is 0 Å². The smallest absolute Gasteiger partial charge is 0.148 e. The summed E-state index contributed by atoms with van der Waals surface area (Å²) in [4.78, 5) is 2.29.